The lowest BCUT2D eigenvalue weighted by molar-refractivity contribution is -0.634. The largest absolute Gasteiger partial charge is 0.494 e. The molecule has 1 heterocycles. The van der Waals surface area contributed by atoms with Crippen LogP contribution in [-0.2, 0) is 9.47 Å². The Morgan fingerprint density at radius 1 is 1.11 bits per heavy atom. The molecule has 1 aliphatic rings. The van der Waals surface area contributed by atoms with Gasteiger partial charge in [0.25, 0.3) is 0 Å². The van der Waals surface area contributed by atoms with Crippen molar-refractivity contribution >= 4 is 0 Å². The summed E-state index contributed by atoms with van der Waals surface area (Å²) in [5.41, 5.74) is 0. The van der Waals surface area contributed by atoms with E-state index in [0.717, 1.165) is 0 Å². The molecular weight excluding hydrogens is 144 g/mol. The molecule has 9 heavy (non-hydrogen) atoms. The van der Waals surface area contributed by atoms with E-state index in [1.54, 1.807) is 0 Å². The summed E-state index contributed by atoms with van der Waals surface area (Å²) in [5, 5.41) is 0. The second-order valence-electron chi connectivity index (χ2n) is 1.46. The van der Waals surface area contributed by atoms with Crippen LogP contribution < -0.4 is 0 Å². The molecule has 0 aromatic carbocycles. The van der Waals surface area contributed by atoms with Gasteiger partial charge in [0.05, 0.1) is 0 Å². The Morgan fingerprint density at radius 3 is 1.67 bits per heavy atom. The maximum Gasteiger partial charge on any atom is 0.494 e. The fourth-order valence-electron chi connectivity index (χ4n) is 0.417. The van der Waals surface area contributed by atoms with Gasteiger partial charge >= 0.3 is 12.3 Å². The van der Waals surface area contributed by atoms with Crippen molar-refractivity contribution in [1.82, 2.24) is 0 Å². The maximum absolute atomic E-state index is 11.8. The van der Waals surface area contributed by atoms with Crippen LogP contribution in [0.25, 0.3) is 0 Å². The zero-order chi connectivity index (χ0) is 7.12. The monoisotopic (exact) mass is 146 g/mol. The van der Waals surface area contributed by atoms with Gasteiger partial charge in [0.2, 0.25) is 0 Å². The van der Waals surface area contributed by atoms with Gasteiger partial charge in [-0.15, -0.1) is 8.78 Å². The molecule has 0 aliphatic carbocycles. The third-order valence-electron chi connectivity index (χ3n) is 0.702. The van der Waals surface area contributed by atoms with Gasteiger partial charge in [-0.3, -0.25) is 0 Å². The molecule has 0 aromatic heterocycles. The smallest absolute Gasteiger partial charge is 0.242 e. The predicted molar refractivity (Wildman–Crippen MR) is 16.9 cm³/mol. The van der Waals surface area contributed by atoms with E-state index in [-0.39, 0.29) is 0 Å². The highest BCUT2D eigenvalue weighted by Gasteiger charge is 2.62. The van der Waals surface area contributed by atoms with Gasteiger partial charge in [0.15, 0.2) is 6.67 Å². The third kappa shape index (κ3) is 1.13. The van der Waals surface area contributed by atoms with Gasteiger partial charge < -0.3 is 0 Å². The van der Waals surface area contributed by atoms with Crippen LogP contribution in [0, 0.1) is 0 Å². The lowest BCUT2D eigenvalue weighted by atomic mass is 10.6. The van der Waals surface area contributed by atoms with E-state index in [4.69, 9.17) is 0 Å². The zero-order valence-corrected chi connectivity index (χ0v) is 4.04. The van der Waals surface area contributed by atoms with Crippen molar-refractivity contribution in [3.05, 3.63) is 0 Å². The summed E-state index contributed by atoms with van der Waals surface area (Å²) < 4.78 is 51.9. The van der Waals surface area contributed by atoms with E-state index in [9.17, 15) is 17.6 Å². The van der Waals surface area contributed by atoms with E-state index >= 15 is 0 Å². The van der Waals surface area contributed by atoms with Crippen molar-refractivity contribution in [3.63, 3.8) is 0 Å². The Bertz CT molecular complexity index is 117. The van der Waals surface area contributed by atoms with Crippen molar-refractivity contribution in [2.45, 2.75) is 12.3 Å². The van der Waals surface area contributed by atoms with E-state index < -0.39 is 19.0 Å². The number of alkyl halides is 4. The quantitative estimate of drug-likeness (QED) is 0.517. The molecule has 1 saturated heterocycles. The molecule has 2 nitrogen and oxygen atoms in total. The molecule has 54 valence electrons. The molecule has 1 aliphatic heterocycles. The van der Waals surface area contributed by atoms with Crippen LogP contribution in [-0.4, -0.2) is 19.0 Å². The molecule has 6 heteroatoms. The normalized spacial score (nSPS) is 29.3. The highest BCUT2D eigenvalue weighted by atomic mass is 19.3. The molecule has 0 aromatic rings. The summed E-state index contributed by atoms with van der Waals surface area (Å²) >= 11 is 0. The molecule has 0 bridgehead atoms. The molecule has 1 fully saturated rings. The standard InChI is InChI=1S/C3H2F4O2/c4-1-2(5)8-3(6,7)9-2/h1H2. The SMILES string of the molecule is FCC1(F)OC(F)(F)O1. The van der Waals surface area contributed by atoms with Crippen LogP contribution in [0.1, 0.15) is 0 Å². The molecule has 1 rings (SSSR count). The number of hydrogen-bond acceptors (Lipinski definition) is 2. The summed E-state index contributed by atoms with van der Waals surface area (Å²) in [4.78, 5) is 0. The molecule has 0 atom stereocenters. The van der Waals surface area contributed by atoms with Crippen molar-refractivity contribution in [3.8, 4) is 0 Å². The lowest BCUT2D eigenvalue weighted by Gasteiger charge is -2.37. The van der Waals surface area contributed by atoms with Crippen LogP contribution in [0.15, 0.2) is 0 Å². The minimum atomic E-state index is -3.96. The van der Waals surface area contributed by atoms with E-state index in [1.807, 2.05) is 0 Å². The average Bonchev–Trinajstić information content (AvgIpc) is 1.61. The number of ether oxygens (including phenoxy) is 2. The van der Waals surface area contributed by atoms with Crippen LogP contribution in [0.2, 0.25) is 0 Å². The Labute approximate surface area is 47.4 Å². The predicted octanol–water partition coefficient (Wildman–Crippen LogP) is 1.18. The van der Waals surface area contributed by atoms with E-state index in [0.29, 0.717) is 0 Å². The Kier molecular flexibility index (Phi) is 1.18. The van der Waals surface area contributed by atoms with Gasteiger partial charge in [-0.25, -0.2) is 13.9 Å². The summed E-state index contributed by atoms with van der Waals surface area (Å²) in [6.45, 7) is -1.73. The van der Waals surface area contributed by atoms with Crippen molar-refractivity contribution < 1.29 is 27.0 Å². The van der Waals surface area contributed by atoms with Gasteiger partial charge in [-0.05, 0) is 0 Å². The van der Waals surface area contributed by atoms with E-state index in [1.165, 1.54) is 0 Å². The number of hydrogen-bond donors (Lipinski definition) is 0. The van der Waals surface area contributed by atoms with Gasteiger partial charge in [-0.1, -0.05) is 0 Å². The van der Waals surface area contributed by atoms with Gasteiger partial charge in [-0.2, -0.15) is 4.39 Å². The molecule has 0 amide bonds. The molecule has 0 unspecified atom stereocenters. The van der Waals surface area contributed by atoms with Gasteiger partial charge in [0.1, 0.15) is 0 Å². The average molecular weight is 146 g/mol. The van der Waals surface area contributed by atoms with Crippen LogP contribution in [0.5, 0.6) is 0 Å². The minimum absolute atomic E-state index is 1.73. The van der Waals surface area contributed by atoms with Crippen molar-refractivity contribution in [1.29, 1.82) is 0 Å². The maximum atomic E-state index is 11.8. The van der Waals surface area contributed by atoms with E-state index in [2.05, 4.69) is 9.47 Å². The number of halogens is 4. The molecule has 0 spiro atoms. The highest BCUT2D eigenvalue weighted by molar-refractivity contribution is 4.63. The van der Waals surface area contributed by atoms with Crippen LogP contribution in [0.4, 0.5) is 17.6 Å². The highest BCUT2D eigenvalue weighted by Crippen LogP contribution is 2.41. The second-order valence-corrected chi connectivity index (χ2v) is 1.46. The fraction of sp³-hybridized carbons (Fsp3) is 1.00. The Balaban J connectivity index is 2.41. The third-order valence-corrected chi connectivity index (χ3v) is 0.702. The summed E-state index contributed by atoms with van der Waals surface area (Å²) in [7, 11) is 0. The first-order valence-corrected chi connectivity index (χ1v) is 2.00. The fourth-order valence-corrected chi connectivity index (χ4v) is 0.417. The van der Waals surface area contributed by atoms with Crippen LogP contribution in [0.3, 0.4) is 0 Å². The molecule has 0 N–H and O–H groups in total. The lowest BCUT2D eigenvalue weighted by Crippen LogP contribution is -2.56. The summed E-state index contributed by atoms with van der Waals surface area (Å²) in [5.74, 6) is 0. The first-order valence-electron chi connectivity index (χ1n) is 2.00. The minimum Gasteiger partial charge on any atom is -0.242 e. The number of rotatable bonds is 1. The second kappa shape index (κ2) is 1.57. The molecule has 0 radical (unpaired) electrons. The first-order chi connectivity index (χ1) is 3.97. The van der Waals surface area contributed by atoms with Crippen LogP contribution >= 0.6 is 0 Å². The molecular formula is C3H2F4O2. The first kappa shape index (κ1) is 6.76. The summed E-state index contributed by atoms with van der Waals surface area (Å²) in [6, 6.07) is -3.22. The Morgan fingerprint density at radius 2 is 1.56 bits per heavy atom. The van der Waals surface area contributed by atoms with Crippen molar-refractivity contribution in [2.75, 3.05) is 6.67 Å². The Hall–Kier alpha value is -0.360. The summed E-state index contributed by atoms with van der Waals surface area (Å²) in [6.07, 6.45) is -3.96. The van der Waals surface area contributed by atoms with Gasteiger partial charge in [0, 0.05) is 0 Å². The van der Waals surface area contributed by atoms with Crippen molar-refractivity contribution in [2.24, 2.45) is 0 Å². The topological polar surface area (TPSA) is 18.5 Å². The zero-order valence-electron chi connectivity index (χ0n) is 4.04. The molecule has 0 saturated carbocycles.